The lowest BCUT2D eigenvalue weighted by Crippen LogP contribution is -2.29. The molecule has 1 atom stereocenters. The minimum Gasteiger partial charge on any atom is -0.396 e. The molecule has 0 radical (unpaired) electrons. The van der Waals surface area contributed by atoms with Crippen LogP contribution in [0.3, 0.4) is 0 Å². The average Bonchev–Trinajstić information content (AvgIpc) is 3.00. The lowest BCUT2D eigenvalue weighted by molar-refractivity contribution is -0.137. The van der Waals surface area contributed by atoms with Crippen molar-refractivity contribution in [2.24, 2.45) is 0 Å². The number of nitrogens with zero attached hydrogens (tertiary/aromatic N) is 1. The largest absolute Gasteiger partial charge is 0.416 e. The van der Waals surface area contributed by atoms with Crippen LogP contribution in [0.15, 0.2) is 36.7 Å². The van der Waals surface area contributed by atoms with Crippen molar-refractivity contribution in [3.05, 3.63) is 53.3 Å². The lowest BCUT2D eigenvalue weighted by atomic mass is 10.0. The molecule has 0 spiro atoms. The van der Waals surface area contributed by atoms with Gasteiger partial charge < -0.3 is 10.4 Å². The molecule has 0 bridgehead atoms. The van der Waals surface area contributed by atoms with E-state index in [1.54, 1.807) is 0 Å². The van der Waals surface area contributed by atoms with E-state index in [1.807, 2.05) is 0 Å². The molecule has 1 amide bonds. The van der Waals surface area contributed by atoms with E-state index in [1.165, 1.54) is 24.5 Å². The highest BCUT2D eigenvalue weighted by atomic mass is 19.4. The first-order chi connectivity index (χ1) is 10.4. The Labute approximate surface area is 124 Å². The van der Waals surface area contributed by atoms with Gasteiger partial charge in [-0.25, -0.2) is 0 Å². The van der Waals surface area contributed by atoms with Gasteiger partial charge in [0.2, 0.25) is 0 Å². The van der Waals surface area contributed by atoms with Crippen molar-refractivity contribution in [1.82, 2.24) is 15.5 Å². The third-order valence-electron chi connectivity index (χ3n) is 3.10. The molecule has 0 unspecified atom stereocenters. The van der Waals surface area contributed by atoms with Gasteiger partial charge in [0.15, 0.2) is 0 Å². The zero-order chi connectivity index (χ0) is 16.2. The molecule has 2 aromatic rings. The summed E-state index contributed by atoms with van der Waals surface area (Å²) in [5, 5.41) is 17.8. The first kappa shape index (κ1) is 16.0. The molecule has 5 nitrogen and oxygen atoms in total. The Hall–Kier alpha value is -2.35. The molecular formula is C14H14F3N3O2. The minimum absolute atomic E-state index is 0.102. The molecule has 1 aromatic heterocycles. The Morgan fingerprint density at radius 3 is 2.77 bits per heavy atom. The number of alkyl halides is 3. The molecule has 0 saturated heterocycles. The van der Waals surface area contributed by atoms with E-state index in [2.05, 4.69) is 15.5 Å². The van der Waals surface area contributed by atoms with Gasteiger partial charge in [-0.2, -0.15) is 18.3 Å². The molecule has 0 aliphatic rings. The standard InChI is InChI=1S/C14H14F3N3O2/c15-14(16,17)11-3-1-2-9(6-11)12(4-5-21)20-13(22)10-7-18-19-8-10/h1-3,6-8,12,21H,4-5H2,(H,18,19)(H,20,22)/t12-/m0/s1. The third-order valence-corrected chi connectivity index (χ3v) is 3.10. The van der Waals surface area contributed by atoms with E-state index in [0.29, 0.717) is 0 Å². The number of benzene rings is 1. The molecule has 22 heavy (non-hydrogen) atoms. The molecule has 3 N–H and O–H groups in total. The van der Waals surface area contributed by atoms with Crippen molar-refractivity contribution in [3.63, 3.8) is 0 Å². The van der Waals surface area contributed by atoms with Crippen LogP contribution in [-0.2, 0) is 6.18 Å². The minimum atomic E-state index is -4.46. The van der Waals surface area contributed by atoms with Gasteiger partial charge in [0.05, 0.1) is 23.4 Å². The Balaban J connectivity index is 2.22. The van der Waals surface area contributed by atoms with Gasteiger partial charge in [-0.05, 0) is 24.1 Å². The number of aromatic amines is 1. The maximum absolute atomic E-state index is 12.8. The van der Waals surface area contributed by atoms with Crippen LogP contribution >= 0.6 is 0 Å². The summed E-state index contributed by atoms with van der Waals surface area (Å²) in [7, 11) is 0. The van der Waals surface area contributed by atoms with Gasteiger partial charge >= 0.3 is 6.18 Å². The molecule has 0 aliphatic heterocycles. The lowest BCUT2D eigenvalue weighted by Gasteiger charge is -2.19. The summed E-state index contributed by atoms with van der Waals surface area (Å²) in [6, 6.07) is 3.94. The first-order valence-electron chi connectivity index (χ1n) is 6.49. The van der Waals surface area contributed by atoms with Gasteiger partial charge in [0, 0.05) is 12.8 Å². The van der Waals surface area contributed by atoms with Gasteiger partial charge in [0.25, 0.3) is 5.91 Å². The smallest absolute Gasteiger partial charge is 0.396 e. The third kappa shape index (κ3) is 3.85. The number of carbonyl (C=O) groups excluding carboxylic acids is 1. The van der Waals surface area contributed by atoms with Gasteiger partial charge in [-0.3, -0.25) is 9.89 Å². The number of nitrogens with one attached hydrogen (secondary N) is 2. The molecule has 1 heterocycles. The number of H-pyrrole nitrogens is 1. The number of hydrogen-bond donors (Lipinski definition) is 3. The maximum Gasteiger partial charge on any atom is 0.416 e. The summed E-state index contributed by atoms with van der Waals surface area (Å²) in [4.78, 5) is 12.0. The summed E-state index contributed by atoms with van der Waals surface area (Å²) in [5.41, 5.74) is -0.263. The van der Waals surface area contributed by atoms with Crippen LogP contribution in [0, 0.1) is 0 Å². The molecule has 2 rings (SSSR count). The van der Waals surface area contributed by atoms with Crippen LogP contribution < -0.4 is 5.32 Å². The monoisotopic (exact) mass is 313 g/mol. The molecule has 0 saturated carbocycles. The normalized spacial score (nSPS) is 12.9. The Morgan fingerprint density at radius 1 is 1.41 bits per heavy atom. The fraction of sp³-hybridized carbons (Fsp3) is 0.286. The van der Waals surface area contributed by atoms with E-state index in [0.717, 1.165) is 12.1 Å². The molecule has 118 valence electrons. The fourth-order valence-electron chi connectivity index (χ4n) is 2.00. The van der Waals surface area contributed by atoms with Crippen molar-refractivity contribution in [1.29, 1.82) is 0 Å². The zero-order valence-corrected chi connectivity index (χ0v) is 11.4. The maximum atomic E-state index is 12.8. The number of rotatable bonds is 5. The van der Waals surface area contributed by atoms with Crippen LogP contribution in [0.1, 0.15) is 33.9 Å². The fourth-order valence-corrected chi connectivity index (χ4v) is 2.00. The van der Waals surface area contributed by atoms with Crippen LogP contribution in [0.4, 0.5) is 13.2 Å². The molecule has 8 heteroatoms. The number of amides is 1. The van der Waals surface area contributed by atoms with Crippen molar-refractivity contribution in [2.45, 2.75) is 18.6 Å². The van der Waals surface area contributed by atoms with Crippen molar-refractivity contribution in [3.8, 4) is 0 Å². The Bertz CT molecular complexity index is 627. The quantitative estimate of drug-likeness (QED) is 0.792. The van der Waals surface area contributed by atoms with Crippen LogP contribution in [0.5, 0.6) is 0 Å². The van der Waals surface area contributed by atoms with Gasteiger partial charge in [-0.1, -0.05) is 12.1 Å². The first-order valence-corrected chi connectivity index (χ1v) is 6.49. The molecule has 0 fully saturated rings. The summed E-state index contributed by atoms with van der Waals surface area (Å²) < 4.78 is 38.3. The van der Waals surface area contributed by atoms with Gasteiger partial charge in [0.1, 0.15) is 0 Å². The van der Waals surface area contributed by atoms with Crippen LogP contribution in [-0.4, -0.2) is 27.8 Å². The predicted molar refractivity (Wildman–Crippen MR) is 71.9 cm³/mol. The Morgan fingerprint density at radius 2 is 2.18 bits per heavy atom. The van der Waals surface area contributed by atoms with Crippen molar-refractivity contribution >= 4 is 5.91 Å². The highest BCUT2D eigenvalue weighted by Gasteiger charge is 2.31. The van der Waals surface area contributed by atoms with E-state index in [-0.39, 0.29) is 24.2 Å². The second kappa shape index (κ2) is 6.61. The van der Waals surface area contributed by atoms with Crippen molar-refractivity contribution in [2.75, 3.05) is 6.61 Å². The Kier molecular flexibility index (Phi) is 4.81. The van der Waals surface area contributed by atoms with E-state index >= 15 is 0 Å². The number of carbonyl (C=O) groups is 1. The summed E-state index contributed by atoms with van der Waals surface area (Å²) in [5.74, 6) is -0.482. The molecular weight excluding hydrogens is 299 g/mol. The second-order valence-corrected chi connectivity index (χ2v) is 4.65. The summed E-state index contributed by atoms with van der Waals surface area (Å²) in [6.07, 6.45) is -1.69. The van der Waals surface area contributed by atoms with E-state index in [4.69, 9.17) is 5.11 Å². The predicted octanol–water partition coefficient (Wildman–Crippen LogP) is 2.28. The number of halogens is 3. The van der Waals surface area contributed by atoms with Crippen LogP contribution in [0.2, 0.25) is 0 Å². The summed E-state index contributed by atoms with van der Waals surface area (Å²) in [6.45, 7) is -0.271. The number of hydrogen-bond acceptors (Lipinski definition) is 3. The van der Waals surface area contributed by atoms with Crippen LogP contribution in [0.25, 0.3) is 0 Å². The second-order valence-electron chi connectivity index (χ2n) is 4.65. The SMILES string of the molecule is O=C(N[C@@H](CCO)c1cccc(C(F)(F)F)c1)c1cn[nH]c1. The number of aromatic nitrogens is 2. The highest BCUT2D eigenvalue weighted by Crippen LogP contribution is 2.31. The van der Waals surface area contributed by atoms with E-state index < -0.39 is 23.7 Å². The van der Waals surface area contributed by atoms with E-state index in [9.17, 15) is 18.0 Å². The zero-order valence-electron chi connectivity index (χ0n) is 11.4. The van der Waals surface area contributed by atoms with Crippen molar-refractivity contribution < 1.29 is 23.1 Å². The topological polar surface area (TPSA) is 78.0 Å². The summed E-state index contributed by atoms with van der Waals surface area (Å²) >= 11 is 0. The number of aliphatic hydroxyl groups excluding tert-OH is 1. The molecule has 1 aromatic carbocycles. The van der Waals surface area contributed by atoms with Gasteiger partial charge in [-0.15, -0.1) is 0 Å². The highest BCUT2D eigenvalue weighted by molar-refractivity contribution is 5.93. The molecule has 0 aliphatic carbocycles. The number of aliphatic hydroxyl groups is 1. The average molecular weight is 313 g/mol.